The number of barbiturate groups is 1. The minimum absolute atomic E-state index is 0.00986. The lowest BCUT2D eigenvalue weighted by Gasteiger charge is -2.27. The van der Waals surface area contributed by atoms with E-state index in [0.717, 1.165) is 11.0 Å². The van der Waals surface area contributed by atoms with Crippen LogP contribution < -0.4 is 14.4 Å². The summed E-state index contributed by atoms with van der Waals surface area (Å²) < 4.78 is 30.9. The minimum atomic E-state index is -4.30. The molecule has 0 atom stereocenters. The van der Waals surface area contributed by atoms with Gasteiger partial charge in [-0.1, -0.05) is 40.9 Å². The first-order valence-electron chi connectivity index (χ1n) is 10.1. The zero-order chi connectivity index (χ0) is 26.2. The summed E-state index contributed by atoms with van der Waals surface area (Å²) in [5, 5.41) is 2.93. The van der Waals surface area contributed by atoms with Gasteiger partial charge in [-0.25, -0.2) is 9.69 Å². The zero-order valence-electron chi connectivity index (χ0n) is 18.3. The molecule has 4 rings (SSSR count). The maximum Gasteiger partial charge on any atom is 0.339 e. The Morgan fingerprint density at radius 1 is 0.917 bits per heavy atom. The summed E-state index contributed by atoms with van der Waals surface area (Å²) in [7, 11) is -4.30. The second-order valence-corrected chi connectivity index (χ2v) is 10.3. The average molecular weight is 566 g/mol. The third-order valence-corrected chi connectivity index (χ3v) is 7.30. The molecular weight excluding hydrogens is 551 g/mol. The molecule has 0 aromatic heterocycles. The highest BCUT2D eigenvalue weighted by molar-refractivity contribution is 7.87. The van der Waals surface area contributed by atoms with Crippen molar-refractivity contribution in [1.82, 2.24) is 5.32 Å². The fourth-order valence-electron chi connectivity index (χ4n) is 3.35. The molecule has 12 heteroatoms. The first-order chi connectivity index (χ1) is 17.0. The number of nitrogens with zero attached hydrogens (tertiary/aromatic N) is 1. The van der Waals surface area contributed by atoms with Crippen LogP contribution in [0, 0.1) is 6.92 Å². The number of halogens is 3. The molecule has 0 unspecified atom stereocenters. The molecule has 184 valence electrons. The van der Waals surface area contributed by atoms with Crippen LogP contribution in [-0.4, -0.2) is 26.3 Å². The maximum absolute atomic E-state index is 13.3. The van der Waals surface area contributed by atoms with E-state index in [0.29, 0.717) is 15.6 Å². The van der Waals surface area contributed by atoms with E-state index >= 15 is 0 Å². The number of hydrogen-bond donors (Lipinski definition) is 1. The number of carbonyl (C=O) groups is 3. The van der Waals surface area contributed by atoms with Crippen molar-refractivity contribution in [2.45, 2.75) is 11.8 Å². The SMILES string of the molecule is Cc1c(Cl)cccc1N1C(=O)NC(=O)/C(=C\c2cc(Cl)ccc2OS(=O)(=O)c2ccc(Cl)cc2)C1=O. The van der Waals surface area contributed by atoms with Gasteiger partial charge >= 0.3 is 16.1 Å². The van der Waals surface area contributed by atoms with Gasteiger partial charge in [0.1, 0.15) is 16.2 Å². The predicted octanol–water partition coefficient (Wildman–Crippen LogP) is 5.39. The molecule has 1 N–H and O–H groups in total. The van der Waals surface area contributed by atoms with E-state index < -0.39 is 33.5 Å². The van der Waals surface area contributed by atoms with Crippen molar-refractivity contribution in [2.24, 2.45) is 0 Å². The second-order valence-electron chi connectivity index (χ2n) is 7.52. The molecule has 1 aliphatic rings. The second kappa shape index (κ2) is 9.94. The topological polar surface area (TPSA) is 110 Å². The van der Waals surface area contributed by atoms with Crippen molar-refractivity contribution in [2.75, 3.05) is 4.90 Å². The Bertz CT molecular complexity index is 1550. The Morgan fingerprint density at radius 2 is 1.58 bits per heavy atom. The molecule has 1 saturated heterocycles. The summed E-state index contributed by atoms with van der Waals surface area (Å²) in [5.74, 6) is -2.13. The number of urea groups is 1. The Balaban J connectivity index is 1.77. The Hall–Kier alpha value is -3.37. The van der Waals surface area contributed by atoms with Gasteiger partial charge in [0.15, 0.2) is 0 Å². The van der Waals surface area contributed by atoms with Crippen molar-refractivity contribution >= 4 is 74.5 Å². The van der Waals surface area contributed by atoms with E-state index in [1.54, 1.807) is 19.1 Å². The van der Waals surface area contributed by atoms with Crippen LogP contribution in [0.15, 0.2) is 71.1 Å². The lowest BCUT2D eigenvalue weighted by Crippen LogP contribution is -2.54. The first-order valence-corrected chi connectivity index (χ1v) is 12.7. The molecule has 1 heterocycles. The van der Waals surface area contributed by atoms with Gasteiger partial charge in [-0.05, 0) is 73.2 Å². The molecular formula is C24H15Cl3N2O6S. The smallest absolute Gasteiger partial charge is 0.339 e. The number of nitrogens with one attached hydrogen (secondary N) is 1. The standard InChI is InChI=1S/C24H15Cl3N2O6S/c1-13-19(27)3-2-4-20(13)29-23(31)18(22(30)28-24(29)32)12-14-11-16(26)7-10-21(14)35-36(33,34)17-8-5-15(25)6-9-17/h2-12H,1H3,(H,28,30,32)/b18-12+. The van der Waals surface area contributed by atoms with Crippen LogP contribution >= 0.6 is 34.8 Å². The number of imide groups is 2. The van der Waals surface area contributed by atoms with Gasteiger partial charge in [0.25, 0.3) is 11.8 Å². The van der Waals surface area contributed by atoms with Crippen LogP contribution in [0.1, 0.15) is 11.1 Å². The lowest BCUT2D eigenvalue weighted by molar-refractivity contribution is -0.122. The van der Waals surface area contributed by atoms with Crippen molar-refractivity contribution in [3.63, 3.8) is 0 Å². The molecule has 36 heavy (non-hydrogen) atoms. The molecule has 0 bridgehead atoms. The van der Waals surface area contributed by atoms with Gasteiger partial charge in [-0.3, -0.25) is 14.9 Å². The van der Waals surface area contributed by atoms with E-state index in [1.807, 2.05) is 0 Å². The van der Waals surface area contributed by atoms with Gasteiger partial charge in [0.2, 0.25) is 0 Å². The normalized spacial score (nSPS) is 15.3. The molecule has 1 fully saturated rings. The molecule has 0 spiro atoms. The fraction of sp³-hybridized carbons (Fsp3) is 0.0417. The highest BCUT2D eigenvalue weighted by Crippen LogP contribution is 2.32. The van der Waals surface area contributed by atoms with Gasteiger partial charge in [0.05, 0.1) is 5.69 Å². The fourth-order valence-corrected chi connectivity index (χ4v) is 4.78. The average Bonchev–Trinajstić information content (AvgIpc) is 2.81. The minimum Gasteiger partial charge on any atom is -0.378 e. The zero-order valence-corrected chi connectivity index (χ0v) is 21.4. The summed E-state index contributed by atoms with van der Waals surface area (Å²) in [6.07, 6.45) is 1.09. The molecule has 1 aliphatic heterocycles. The number of benzene rings is 3. The summed E-state index contributed by atoms with van der Waals surface area (Å²) in [5.41, 5.74) is 0.175. The van der Waals surface area contributed by atoms with Crippen LogP contribution in [-0.2, 0) is 19.7 Å². The molecule has 8 nitrogen and oxygen atoms in total. The third kappa shape index (κ3) is 5.10. The number of amides is 4. The summed E-state index contributed by atoms with van der Waals surface area (Å²) in [6, 6.07) is 12.9. The monoisotopic (exact) mass is 564 g/mol. The van der Waals surface area contributed by atoms with Crippen LogP contribution in [0.2, 0.25) is 15.1 Å². The van der Waals surface area contributed by atoms with Crippen LogP contribution in [0.5, 0.6) is 5.75 Å². The van der Waals surface area contributed by atoms with Gasteiger partial charge in [-0.15, -0.1) is 0 Å². The molecule has 0 aliphatic carbocycles. The highest BCUT2D eigenvalue weighted by atomic mass is 35.5. The quantitative estimate of drug-likeness (QED) is 0.252. The van der Waals surface area contributed by atoms with Gasteiger partial charge in [-0.2, -0.15) is 8.42 Å². The van der Waals surface area contributed by atoms with E-state index in [4.69, 9.17) is 39.0 Å². The predicted molar refractivity (Wildman–Crippen MR) is 136 cm³/mol. The van der Waals surface area contributed by atoms with Crippen molar-refractivity contribution < 1.29 is 27.0 Å². The van der Waals surface area contributed by atoms with Crippen LogP contribution in [0.25, 0.3) is 6.08 Å². The molecule has 0 saturated carbocycles. The molecule has 0 radical (unpaired) electrons. The van der Waals surface area contributed by atoms with E-state index in [9.17, 15) is 22.8 Å². The summed E-state index contributed by atoms with van der Waals surface area (Å²) >= 11 is 18.0. The summed E-state index contributed by atoms with van der Waals surface area (Å²) in [6.45, 7) is 1.61. The third-order valence-electron chi connectivity index (χ3n) is 5.16. The molecule has 4 amide bonds. The first kappa shape index (κ1) is 25.7. The Labute approximate surface area is 221 Å². The molecule has 3 aromatic rings. The Morgan fingerprint density at radius 3 is 2.28 bits per heavy atom. The lowest BCUT2D eigenvalue weighted by atomic mass is 10.1. The maximum atomic E-state index is 13.3. The number of carbonyl (C=O) groups excluding carboxylic acids is 3. The number of hydrogen-bond acceptors (Lipinski definition) is 6. The molecule has 3 aromatic carbocycles. The van der Waals surface area contributed by atoms with E-state index in [1.165, 1.54) is 48.5 Å². The van der Waals surface area contributed by atoms with E-state index in [2.05, 4.69) is 5.32 Å². The van der Waals surface area contributed by atoms with Crippen LogP contribution in [0.4, 0.5) is 10.5 Å². The van der Waals surface area contributed by atoms with Crippen molar-refractivity contribution in [1.29, 1.82) is 0 Å². The number of rotatable bonds is 5. The van der Waals surface area contributed by atoms with Crippen molar-refractivity contribution in [3.05, 3.63) is 92.4 Å². The van der Waals surface area contributed by atoms with Gasteiger partial charge in [0, 0.05) is 20.6 Å². The summed E-state index contributed by atoms with van der Waals surface area (Å²) in [4.78, 5) is 39.0. The Kier molecular flexibility index (Phi) is 7.10. The van der Waals surface area contributed by atoms with Crippen molar-refractivity contribution in [3.8, 4) is 5.75 Å². The van der Waals surface area contributed by atoms with Gasteiger partial charge < -0.3 is 4.18 Å². The van der Waals surface area contributed by atoms with E-state index in [-0.39, 0.29) is 26.9 Å². The van der Waals surface area contributed by atoms with Crippen LogP contribution in [0.3, 0.4) is 0 Å². The highest BCUT2D eigenvalue weighted by Gasteiger charge is 2.38. The largest absolute Gasteiger partial charge is 0.378 e. The number of anilines is 1.